The molecule has 1 aromatic rings. The molecule has 0 unspecified atom stereocenters. The van der Waals surface area contributed by atoms with Crippen molar-refractivity contribution < 1.29 is 13.5 Å². The fourth-order valence-corrected chi connectivity index (χ4v) is 2.37. The Kier molecular flexibility index (Phi) is 5.24. The minimum Gasteiger partial charge on any atom is -0.383 e. The number of hydrogen-bond acceptors (Lipinski definition) is 3. The van der Waals surface area contributed by atoms with E-state index < -0.39 is 11.6 Å². The molecule has 1 aromatic carbocycles. The lowest BCUT2D eigenvalue weighted by atomic mass is 10.1. The topological polar surface area (TPSA) is 24.5 Å². The number of methoxy groups -OCH3 is 1. The summed E-state index contributed by atoms with van der Waals surface area (Å²) >= 11 is 0. The van der Waals surface area contributed by atoms with Gasteiger partial charge in [0.15, 0.2) is 0 Å². The van der Waals surface area contributed by atoms with Crippen LogP contribution in [0.15, 0.2) is 18.2 Å². The van der Waals surface area contributed by atoms with Gasteiger partial charge in [0.1, 0.15) is 11.6 Å². The molecule has 0 amide bonds. The highest BCUT2D eigenvalue weighted by Crippen LogP contribution is 2.14. The van der Waals surface area contributed by atoms with E-state index in [9.17, 15) is 8.78 Å². The Hall–Kier alpha value is -1.04. The summed E-state index contributed by atoms with van der Waals surface area (Å²) in [6.45, 7) is 3.76. The molecule has 0 spiro atoms. The van der Waals surface area contributed by atoms with Crippen LogP contribution in [0.25, 0.3) is 0 Å². The predicted molar refractivity (Wildman–Crippen MR) is 69.9 cm³/mol. The Morgan fingerprint density at radius 1 is 1.37 bits per heavy atom. The highest BCUT2D eigenvalue weighted by Gasteiger charge is 2.22. The van der Waals surface area contributed by atoms with Crippen molar-refractivity contribution in [3.05, 3.63) is 35.4 Å². The Bertz CT molecular complexity index is 394. The SMILES string of the molecule is COCCN1CC[C@H](NCc2c(F)cccc2F)C1. The van der Waals surface area contributed by atoms with Gasteiger partial charge in [0.05, 0.1) is 6.61 Å². The largest absolute Gasteiger partial charge is 0.383 e. The smallest absolute Gasteiger partial charge is 0.130 e. The first kappa shape index (κ1) is 14.4. The highest BCUT2D eigenvalue weighted by atomic mass is 19.1. The van der Waals surface area contributed by atoms with Crippen LogP contribution in [0.5, 0.6) is 0 Å². The van der Waals surface area contributed by atoms with Crippen LogP contribution in [0, 0.1) is 11.6 Å². The zero-order chi connectivity index (χ0) is 13.7. The van der Waals surface area contributed by atoms with Crippen molar-refractivity contribution in [1.82, 2.24) is 10.2 Å². The van der Waals surface area contributed by atoms with Crippen molar-refractivity contribution in [1.29, 1.82) is 0 Å². The molecule has 1 atom stereocenters. The molecule has 0 aliphatic carbocycles. The first-order valence-electron chi connectivity index (χ1n) is 6.58. The normalized spacial score (nSPS) is 20.1. The van der Waals surface area contributed by atoms with E-state index >= 15 is 0 Å². The number of nitrogens with zero attached hydrogens (tertiary/aromatic N) is 1. The van der Waals surface area contributed by atoms with Crippen LogP contribution in [-0.4, -0.2) is 44.3 Å². The van der Waals surface area contributed by atoms with E-state index in [0.717, 1.165) is 26.1 Å². The molecule has 106 valence electrons. The third kappa shape index (κ3) is 3.96. The van der Waals surface area contributed by atoms with Gasteiger partial charge in [0.2, 0.25) is 0 Å². The zero-order valence-electron chi connectivity index (χ0n) is 11.2. The van der Waals surface area contributed by atoms with E-state index in [0.29, 0.717) is 6.61 Å². The van der Waals surface area contributed by atoms with Gasteiger partial charge in [-0.05, 0) is 25.1 Å². The van der Waals surface area contributed by atoms with Crippen molar-refractivity contribution in [2.75, 3.05) is 33.4 Å². The summed E-state index contributed by atoms with van der Waals surface area (Å²) < 4.78 is 32.0. The summed E-state index contributed by atoms with van der Waals surface area (Å²) in [6, 6.07) is 4.26. The van der Waals surface area contributed by atoms with E-state index in [4.69, 9.17) is 4.74 Å². The Morgan fingerprint density at radius 3 is 2.79 bits per heavy atom. The summed E-state index contributed by atoms with van der Waals surface area (Å²) in [5.41, 5.74) is 0.123. The van der Waals surface area contributed by atoms with Gasteiger partial charge in [-0.3, -0.25) is 4.90 Å². The molecule has 0 bridgehead atoms. The molecule has 1 fully saturated rings. The van der Waals surface area contributed by atoms with E-state index in [2.05, 4.69) is 10.2 Å². The van der Waals surface area contributed by atoms with Crippen molar-refractivity contribution in [3.8, 4) is 0 Å². The lowest BCUT2D eigenvalue weighted by Gasteiger charge is -2.16. The minimum atomic E-state index is -0.485. The second-order valence-electron chi connectivity index (χ2n) is 4.86. The second-order valence-corrected chi connectivity index (χ2v) is 4.86. The molecule has 2 rings (SSSR count). The lowest BCUT2D eigenvalue weighted by molar-refractivity contribution is 0.159. The monoisotopic (exact) mass is 270 g/mol. The number of hydrogen-bond donors (Lipinski definition) is 1. The fraction of sp³-hybridized carbons (Fsp3) is 0.571. The highest BCUT2D eigenvalue weighted by molar-refractivity contribution is 5.19. The van der Waals surface area contributed by atoms with Gasteiger partial charge in [0.25, 0.3) is 0 Å². The summed E-state index contributed by atoms with van der Waals surface area (Å²) in [5.74, 6) is -0.969. The number of likely N-dealkylation sites (tertiary alicyclic amines) is 1. The number of nitrogens with one attached hydrogen (secondary N) is 1. The molecule has 0 saturated carbocycles. The molecule has 5 heteroatoms. The van der Waals surface area contributed by atoms with Crippen LogP contribution in [-0.2, 0) is 11.3 Å². The average Bonchev–Trinajstić information content (AvgIpc) is 2.84. The molecule has 0 radical (unpaired) electrons. The van der Waals surface area contributed by atoms with E-state index in [1.54, 1.807) is 7.11 Å². The maximum Gasteiger partial charge on any atom is 0.130 e. The first-order chi connectivity index (χ1) is 9.20. The van der Waals surface area contributed by atoms with Gasteiger partial charge < -0.3 is 10.1 Å². The standard InChI is InChI=1S/C14H20F2N2O/c1-19-8-7-18-6-5-11(10-18)17-9-12-13(15)3-2-4-14(12)16/h2-4,11,17H,5-10H2,1H3/t11-/m0/s1. The van der Waals surface area contributed by atoms with Gasteiger partial charge in [-0.1, -0.05) is 6.07 Å². The van der Waals surface area contributed by atoms with Crippen LogP contribution >= 0.6 is 0 Å². The summed E-state index contributed by atoms with van der Waals surface area (Å²) in [5, 5.41) is 3.22. The molecule has 3 nitrogen and oxygen atoms in total. The van der Waals surface area contributed by atoms with Gasteiger partial charge in [-0.2, -0.15) is 0 Å². The molecular weight excluding hydrogens is 250 g/mol. The maximum atomic E-state index is 13.5. The lowest BCUT2D eigenvalue weighted by Crippen LogP contribution is -2.33. The molecule has 0 aromatic heterocycles. The third-order valence-corrected chi connectivity index (χ3v) is 3.51. The van der Waals surface area contributed by atoms with Crippen molar-refractivity contribution in [2.45, 2.75) is 19.0 Å². The van der Waals surface area contributed by atoms with Crippen LogP contribution in [0.4, 0.5) is 8.78 Å². The van der Waals surface area contributed by atoms with Crippen LogP contribution in [0.1, 0.15) is 12.0 Å². The molecule has 1 aliphatic heterocycles. The maximum absolute atomic E-state index is 13.5. The summed E-state index contributed by atoms with van der Waals surface area (Å²) in [7, 11) is 1.69. The van der Waals surface area contributed by atoms with E-state index in [1.807, 2.05) is 0 Å². The number of benzene rings is 1. The minimum absolute atomic E-state index is 0.123. The molecular formula is C14H20F2N2O. The Morgan fingerprint density at radius 2 is 2.11 bits per heavy atom. The molecule has 1 aliphatic rings. The molecule has 1 saturated heterocycles. The quantitative estimate of drug-likeness (QED) is 0.852. The van der Waals surface area contributed by atoms with E-state index in [1.165, 1.54) is 18.2 Å². The molecule has 19 heavy (non-hydrogen) atoms. The van der Waals surface area contributed by atoms with Gasteiger partial charge >= 0.3 is 0 Å². The second kappa shape index (κ2) is 6.93. The molecule has 1 N–H and O–H groups in total. The number of rotatable bonds is 6. The van der Waals surface area contributed by atoms with Gasteiger partial charge in [-0.25, -0.2) is 8.78 Å². The van der Waals surface area contributed by atoms with Crippen LogP contribution < -0.4 is 5.32 Å². The summed E-state index contributed by atoms with van der Waals surface area (Å²) in [4.78, 5) is 2.29. The van der Waals surface area contributed by atoms with Crippen LogP contribution in [0.3, 0.4) is 0 Å². The predicted octanol–water partition coefficient (Wildman–Crippen LogP) is 1.78. The Balaban J connectivity index is 1.80. The van der Waals surface area contributed by atoms with Crippen LogP contribution in [0.2, 0.25) is 0 Å². The zero-order valence-corrected chi connectivity index (χ0v) is 11.2. The van der Waals surface area contributed by atoms with Crippen molar-refractivity contribution in [2.24, 2.45) is 0 Å². The average molecular weight is 270 g/mol. The van der Waals surface area contributed by atoms with E-state index in [-0.39, 0.29) is 18.2 Å². The number of halogens is 2. The fourth-order valence-electron chi connectivity index (χ4n) is 2.37. The number of ether oxygens (including phenoxy) is 1. The van der Waals surface area contributed by atoms with Crippen molar-refractivity contribution >= 4 is 0 Å². The van der Waals surface area contributed by atoms with Crippen molar-refractivity contribution in [3.63, 3.8) is 0 Å². The molecule has 1 heterocycles. The van der Waals surface area contributed by atoms with Gasteiger partial charge in [0, 0.05) is 38.3 Å². The van der Waals surface area contributed by atoms with Gasteiger partial charge in [-0.15, -0.1) is 0 Å². The first-order valence-corrected chi connectivity index (χ1v) is 6.58. The summed E-state index contributed by atoms with van der Waals surface area (Å²) in [6.07, 6.45) is 1.000. The Labute approximate surface area is 112 Å². The third-order valence-electron chi connectivity index (χ3n) is 3.51.